The molecule has 0 atom stereocenters. The molecule has 88 valence electrons. The Balaban J connectivity index is 2.60. The quantitative estimate of drug-likeness (QED) is 0.783. The van der Waals surface area contributed by atoms with Crippen molar-refractivity contribution < 1.29 is 0 Å². The van der Waals surface area contributed by atoms with Gasteiger partial charge in [-0.05, 0) is 35.6 Å². The highest BCUT2D eigenvalue weighted by Crippen LogP contribution is 2.30. The molecule has 2 aromatic carbocycles. The van der Waals surface area contributed by atoms with E-state index in [1.165, 1.54) is 16.7 Å². The molecule has 0 radical (unpaired) electrons. The van der Waals surface area contributed by atoms with Gasteiger partial charge in [0.05, 0.1) is 0 Å². The Kier molecular flexibility index (Phi) is 3.48. The summed E-state index contributed by atoms with van der Waals surface area (Å²) >= 11 is 0. The van der Waals surface area contributed by atoms with Gasteiger partial charge in [0.15, 0.2) is 0 Å². The Morgan fingerprint density at radius 2 is 1.65 bits per heavy atom. The third kappa shape index (κ3) is 2.33. The van der Waals surface area contributed by atoms with E-state index < -0.39 is 0 Å². The summed E-state index contributed by atoms with van der Waals surface area (Å²) in [4.78, 5) is 0. The fourth-order valence-corrected chi connectivity index (χ4v) is 2.14. The number of hydrogen-bond acceptors (Lipinski definition) is 1. The lowest BCUT2D eigenvalue weighted by Crippen LogP contribution is -1.94. The van der Waals surface area contributed by atoms with E-state index in [1.54, 1.807) is 0 Å². The summed E-state index contributed by atoms with van der Waals surface area (Å²) in [6.45, 7) is 4.36. The number of aryl methyl sites for hydroxylation is 2. The van der Waals surface area contributed by atoms with E-state index in [2.05, 4.69) is 38.1 Å². The first kappa shape index (κ1) is 11.7. The summed E-state index contributed by atoms with van der Waals surface area (Å²) in [5, 5.41) is 0. The average molecular weight is 225 g/mol. The summed E-state index contributed by atoms with van der Waals surface area (Å²) in [6.07, 6.45) is 2.09. The predicted octanol–water partition coefficient (Wildman–Crippen LogP) is 4.06. The molecule has 0 aromatic heterocycles. The highest BCUT2D eigenvalue weighted by molar-refractivity contribution is 5.78. The molecule has 0 unspecified atom stereocenters. The van der Waals surface area contributed by atoms with Crippen LogP contribution in [0.15, 0.2) is 42.5 Å². The molecular formula is C16H19N. The minimum atomic E-state index is 0.857. The van der Waals surface area contributed by atoms with Crippen LogP contribution in [0.25, 0.3) is 11.1 Å². The maximum Gasteiger partial charge on any atom is 0.0393 e. The second kappa shape index (κ2) is 5.05. The Bertz CT molecular complexity index is 515. The molecular weight excluding hydrogens is 206 g/mol. The molecule has 2 N–H and O–H groups in total. The maximum absolute atomic E-state index is 6.07. The van der Waals surface area contributed by atoms with Gasteiger partial charge in [-0.15, -0.1) is 0 Å². The highest BCUT2D eigenvalue weighted by Gasteiger charge is 2.07. The summed E-state index contributed by atoms with van der Waals surface area (Å²) in [5.41, 5.74) is 12.1. The molecule has 1 nitrogen and oxygen atoms in total. The lowest BCUT2D eigenvalue weighted by molar-refractivity contribution is 1.10. The molecule has 0 bridgehead atoms. The van der Waals surface area contributed by atoms with Gasteiger partial charge in [-0.3, -0.25) is 0 Å². The molecule has 0 amide bonds. The van der Waals surface area contributed by atoms with Gasteiger partial charge < -0.3 is 5.73 Å². The second-order valence-corrected chi connectivity index (χ2v) is 4.29. The number of rotatable bonds is 3. The zero-order valence-corrected chi connectivity index (χ0v) is 10.5. The summed E-state index contributed by atoms with van der Waals surface area (Å²) in [6, 6.07) is 14.8. The van der Waals surface area contributed by atoms with Crippen LogP contribution >= 0.6 is 0 Å². The number of anilines is 1. The lowest BCUT2D eigenvalue weighted by atomic mass is 9.94. The van der Waals surface area contributed by atoms with Gasteiger partial charge in [0.1, 0.15) is 0 Å². The SMILES string of the molecule is CCc1ccc(CC)c(-c2ccccc2N)c1. The fourth-order valence-electron chi connectivity index (χ4n) is 2.14. The minimum Gasteiger partial charge on any atom is -0.398 e. The maximum atomic E-state index is 6.07. The number of benzene rings is 2. The molecule has 0 saturated carbocycles. The van der Waals surface area contributed by atoms with Crippen LogP contribution in [0.4, 0.5) is 5.69 Å². The van der Waals surface area contributed by atoms with E-state index in [1.807, 2.05) is 18.2 Å². The van der Waals surface area contributed by atoms with Gasteiger partial charge in [-0.1, -0.05) is 50.2 Å². The van der Waals surface area contributed by atoms with Gasteiger partial charge in [-0.25, -0.2) is 0 Å². The van der Waals surface area contributed by atoms with E-state index in [-0.39, 0.29) is 0 Å². The first-order chi connectivity index (χ1) is 8.26. The molecule has 0 spiro atoms. The molecule has 17 heavy (non-hydrogen) atoms. The molecule has 0 heterocycles. The van der Waals surface area contributed by atoms with Crippen molar-refractivity contribution in [2.24, 2.45) is 0 Å². The van der Waals surface area contributed by atoms with Crippen molar-refractivity contribution in [2.75, 3.05) is 5.73 Å². The summed E-state index contributed by atoms with van der Waals surface area (Å²) in [5.74, 6) is 0. The molecule has 0 saturated heterocycles. The van der Waals surface area contributed by atoms with Crippen molar-refractivity contribution >= 4 is 5.69 Å². The van der Waals surface area contributed by atoms with Gasteiger partial charge in [0.2, 0.25) is 0 Å². The standard InChI is InChI=1S/C16H19N/c1-3-12-9-10-13(4-2)15(11-12)14-7-5-6-8-16(14)17/h5-11H,3-4,17H2,1-2H3. The van der Waals surface area contributed by atoms with Gasteiger partial charge in [0, 0.05) is 11.3 Å². The second-order valence-electron chi connectivity index (χ2n) is 4.29. The van der Waals surface area contributed by atoms with Gasteiger partial charge in [0.25, 0.3) is 0 Å². The molecule has 0 aliphatic carbocycles. The molecule has 1 heteroatoms. The van der Waals surface area contributed by atoms with Crippen molar-refractivity contribution in [1.29, 1.82) is 0 Å². The molecule has 2 rings (SSSR count). The zero-order valence-electron chi connectivity index (χ0n) is 10.5. The minimum absolute atomic E-state index is 0.857. The third-order valence-electron chi connectivity index (χ3n) is 3.21. The van der Waals surface area contributed by atoms with E-state index in [0.29, 0.717) is 0 Å². The highest BCUT2D eigenvalue weighted by atomic mass is 14.6. The van der Waals surface area contributed by atoms with Crippen molar-refractivity contribution in [3.8, 4) is 11.1 Å². The average Bonchev–Trinajstić information content (AvgIpc) is 2.38. The van der Waals surface area contributed by atoms with Crippen molar-refractivity contribution in [3.05, 3.63) is 53.6 Å². The topological polar surface area (TPSA) is 26.0 Å². The normalized spacial score (nSPS) is 10.5. The van der Waals surface area contributed by atoms with Crippen molar-refractivity contribution in [1.82, 2.24) is 0 Å². The monoisotopic (exact) mass is 225 g/mol. The van der Waals surface area contributed by atoms with E-state index >= 15 is 0 Å². The Hall–Kier alpha value is -1.76. The van der Waals surface area contributed by atoms with Crippen LogP contribution in [0.3, 0.4) is 0 Å². The smallest absolute Gasteiger partial charge is 0.0393 e. The number of nitrogen functional groups attached to an aromatic ring is 1. The largest absolute Gasteiger partial charge is 0.398 e. The number of nitrogens with two attached hydrogens (primary N) is 1. The molecule has 2 aromatic rings. The van der Waals surface area contributed by atoms with Crippen LogP contribution in [0.1, 0.15) is 25.0 Å². The van der Waals surface area contributed by atoms with Crippen LogP contribution in [0.5, 0.6) is 0 Å². The molecule has 0 fully saturated rings. The summed E-state index contributed by atoms with van der Waals surface area (Å²) < 4.78 is 0. The fraction of sp³-hybridized carbons (Fsp3) is 0.250. The van der Waals surface area contributed by atoms with Crippen LogP contribution in [0.2, 0.25) is 0 Å². The van der Waals surface area contributed by atoms with Crippen LogP contribution in [-0.4, -0.2) is 0 Å². The van der Waals surface area contributed by atoms with E-state index in [9.17, 15) is 0 Å². The zero-order chi connectivity index (χ0) is 12.3. The van der Waals surface area contributed by atoms with Crippen LogP contribution in [-0.2, 0) is 12.8 Å². The predicted molar refractivity (Wildman–Crippen MR) is 75.0 cm³/mol. The number of para-hydroxylation sites is 1. The van der Waals surface area contributed by atoms with E-state index in [4.69, 9.17) is 5.73 Å². The summed E-state index contributed by atoms with van der Waals surface area (Å²) in [7, 11) is 0. The molecule has 0 aliphatic heterocycles. The Labute approximate surface area is 103 Å². The Morgan fingerprint density at radius 3 is 2.29 bits per heavy atom. The van der Waals surface area contributed by atoms with Gasteiger partial charge in [-0.2, -0.15) is 0 Å². The van der Waals surface area contributed by atoms with Crippen molar-refractivity contribution in [3.63, 3.8) is 0 Å². The van der Waals surface area contributed by atoms with Crippen LogP contribution in [0, 0.1) is 0 Å². The third-order valence-corrected chi connectivity index (χ3v) is 3.21. The lowest BCUT2D eigenvalue weighted by Gasteiger charge is -2.12. The molecule has 0 aliphatic rings. The van der Waals surface area contributed by atoms with Crippen molar-refractivity contribution in [2.45, 2.75) is 26.7 Å². The first-order valence-corrected chi connectivity index (χ1v) is 6.23. The van der Waals surface area contributed by atoms with Crippen LogP contribution < -0.4 is 5.73 Å². The van der Waals surface area contributed by atoms with Gasteiger partial charge >= 0.3 is 0 Å². The first-order valence-electron chi connectivity index (χ1n) is 6.23. The number of hydrogen-bond donors (Lipinski definition) is 1. The van der Waals surface area contributed by atoms with E-state index in [0.717, 1.165) is 24.1 Å². The Morgan fingerprint density at radius 1 is 0.882 bits per heavy atom.